The first kappa shape index (κ1) is 16.4. The van der Waals surface area contributed by atoms with Gasteiger partial charge in [0.05, 0.1) is 19.3 Å². The van der Waals surface area contributed by atoms with Gasteiger partial charge in [0.1, 0.15) is 12.2 Å². The second-order valence-electron chi connectivity index (χ2n) is 5.92. The van der Waals surface area contributed by atoms with Crippen LogP contribution < -0.4 is 5.32 Å². The molecular formula is C17H23N5O2. The third kappa shape index (κ3) is 4.32. The first-order chi connectivity index (χ1) is 11.7. The zero-order chi connectivity index (χ0) is 16.8. The average Bonchev–Trinajstić information content (AvgIpc) is 3.04. The van der Waals surface area contributed by atoms with E-state index in [1.807, 2.05) is 30.1 Å². The monoisotopic (exact) mass is 329 g/mol. The lowest BCUT2D eigenvalue weighted by Gasteiger charge is -2.33. The number of nitrogens with one attached hydrogen (secondary N) is 1. The van der Waals surface area contributed by atoms with Crippen molar-refractivity contribution >= 4 is 6.03 Å². The largest absolute Gasteiger partial charge is 0.375 e. The molecule has 0 spiro atoms. The molecular weight excluding hydrogens is 306 g/mol. The van der Waals surface area contributed by atoms with Crippen molar-refractivity contribution in [3.63, 3.8) is 0 Å². The maximum atomic E-state index is 12.3. The molecule has 1 atom stereocenters. The van der Waals surface area contributed by atoms with Crippen molar-refractivity contribution in [2.45, 2.75) is 25.5 Å². The van der Waals surface area contributed by atoms with E-state index in [4.69, 9.17) is 4.74 Å². The molecule has 0 aliphatic carbocycles. The summed E-state index contributed by atoms with van der Waals surface area (Å²) in [5.41, 5.74) is 1.30. The van der Waals surface area contributed by atoms with Crippen molar-refractivity contribution in [2.75, 3.05) is 19.7 Å². The minimum absolute atomic E-state index is 0.0778. The van der Waals surface area contributed by atoms with Crippen LogP contribution in [0.15, 0.2) is 36.7 Å². The number of morpholine rings is 1. The Bertz CT molecular complexity index is 658. The lowest BCUT2D eigenvalue weighted by molar-refractivity contribution is -0.0176. The molecule has 7 nitrogen and oxygen atoms in total. The smallest absolute Gasteiger partial charge is 0.317 e. The quantitative estimate of drug-likeness (QED) is 0.899. The van der Waals surface area contributed by atoms with Crippen LogP contribution in [-0.4, -0.2) is 51.5 Å². The highest BCUT2D eigenvalue weighted by Crippen LogP contribution is 2.12. The topological polar surface area (TPSA) is 72.3 Å². The van der Waals surface area contributed by atoms with E-state index in [0.29, 0.717) is 26.2 Å². The number of aromatic nitrogens is 3. The maximum Gasteiger partial charge on any atom is 0.317 e. The molecule has 1 unspecified atom stereocenters. The summed E-state index contributed by atoms with van der Waals surface area (Å²) in [4.78, 5) is 18.2. The molecule has 1 aromatic carbocycles. The van der Waals surface area contributed by atoms with Crippen molar-refractivity contribution in [3.8, 4) is 0 Å². The minimum atomic E-state index is -0.0778. The van der Waals surface area contributed by atoms with E-state index in [9.17, 15) is 4.79 Å². The molecule has 128 valence electrons. The fourth-order valence-electron chi connectivity index (χ4n) is 2.80. The number of carbonyl (C=O) groups is 1. The van der Waals surface area contributed by atoms with E-state index in [1.54, 1.807) is 4.68 Å². The van der Waals surface area contributed by atoms with E-state index in [1.165, 1.54) is 11.9 Å². The third-order valence-corrected chi connectivity index (χ3v) is 4.23. The van der Waals surface area contributed by atoms with Crippen molar-refractivity contribution in [1.82, 2.24) is 25.0 Å². The van der Waals surface area contributed by atoms with Crippen LogP contribution >= 0.6 is 0 Å². The molecule has 1 saturated heterocycles. The summed E-state index contributed by atoms with van der Waals surface area (Å²) in [5, 5.41) is 6.89. The maximum absolute atomic E-state index is 12.3. The molecule has 7 heteroatoms. The predicted octanol–water partition coefficient (Wildman–Crippen LogP) is 1.36. The van der Waals surface area contributed by atoms with Gasteiger partial charge in [-0.25, -0.2) is 9.78 Å². The molecule has 2 heterocycles. The summed E-state index contributed by atoms with van der Waals surface area (Å²) < 4.78 is 7.46. The highest BCUT2D eigenvalue weighted by atomic mass is 16.5. The van der Waals surface area contributed by atoms with Gasteiger partial charge in [0.2, 0.25) is 0 Å². The summed E-state index contributed by atoms with van der Waals surface area (Å²) in [6, 6.07) is 10.3. The molecule has 1 aliphatic heterocycles. The Hall–Kier alpha value is -2.41. The third-order valence-electron chi connectivity index (χ3n) is 4.23. The second-order valence-corrected chi connectivity index (χ2v) is 5.92. The number of rotatable bonds is 5. The molecule has 2 amide bonds. The van der Waals surface area contributed by atoms with Gasteiger partial charge in [-0.2, -0.15) is 5.10 Å². The summed E-state index contributed by atoms with van der Waals surface area (Å²) >= 11 is 0. The summed E-state index contributed by atoms with van der Waals surface area (Å²) in [7, 11) is 1.81. The molecule has 1 N–H and O–H groups in total. The first-order valence-corrected chi connectivity index (χ1v) is 8.23. The average molecular weight is 329 g/mol. The van der Waals surface area contributed by atoms with Gasteiger partial charge < -0.3 is 15.0 Å². The molecule has 1 fully saturated rings. The normalized spacial score (nSPS) is 17.7. The van der Waals surface area contributed by atoms with Crippen molar-refractivity contribution < 1.29 is 9.53 Å². The van der Waals surface area contributed by atoms with Crippen molar-refractivity contribution in [3.05, 3.63) is 48.0 Å². The number of nitrogens with zero attached hydrogens (tertiary/aromatic N) is 4. The Balaban J connectivity index is 1.46. The van der Waals surface area contributed by atoms with Gasteiger partial charge >= 0.3 is 6.03 Å². The number of urea groups is 1. The molecule has 1 aliphatic rings. The summed E-state index contributed by atoms with van der Waals surface area (Å²) in [5.74, 6) is 0.734. The zero-order valence-corrected chi connectivity index (χ0v) is 13.9. The van der Waals surface area contributed by atoms with Crippen LogP contribution in [0.1, 0.15) is 17.8 Å². The molecule has 0 saturated carbocycles. The summed E-state index contributed by atoms with van der Waals surface area (Å²) in [6.07, 6.45) is 3.44. The minimum Gasteiger partial charge on any atom is -0.375 e. The fourth-order valence-corrected chi connectivity index (χ4v) is 2.80. The second kappa shape index (κ2) is 7.92. The van der Waals surface area contributed by atoms with Crippen LogP contribution in [0.5, 0.6) is 0 Å². The Labute approximate surface area is 141 Å². The van der Waals surface area contributed by atoms with Crippen LogP contribution in [0.2, 0.25) is 0 Å². The number of carbonyl (C=O) groups excluding carboxylic acids is 1. The molecule has 3 rings (SSSR count). The van der Waals surface area contributed by atoms with Gasteiger partial charge in [-0.15, -0.1) is 0 Å². The first-order valence-electron chi connectivity index (χ1n) is 8.23. The fraction of sp³-hybridized carbons (Fsp3) is 0.471. The van der Waals surface area contributed by atoms with Gasteiger partial charge in [-0.05, 0) is 18.4 Å². The molecule has 0 radical (unpaired) electrons. The lowest BCUT2D eigenvalue weighted by Crippen LogP contribution is -2.49. The Morgan fingerprint density at radius 1 is 1.38 bits per heavy atom. The van der Waals surface area contributed by atoms with E-state index >= 15 is 0 Å². The Morgan fingerprint density at radius 2 is 2.21 bits per heavy atom. The van der Waals surface area contributed by atoms with E-state index < -0.39 is 0 Å². The van der Waals surface area contributed by atoms with Crippen LogP contribution in [-0.2, 0) is 24.8 Å². The van der Waals surface area contributed by atoms with Gasteiger partial charge in [-0.1, -0.05) is 30.3 Å². The SMILES string of the molecule is Cn1ncnc1CNC(=O)N1CCOC(CCc2ccccc2)C1. The standard InChI is InChI=1S/C17H23N5O2/c1-21-16(19-13-20-21)11-18-17(23)22-9-10-24-15(12-22)8-7-14-5-3-2-4-6-14/h2-6,13,15H,7-12H2,1H3,(H,18,23). The number of aryl methyl sites for hydroxylation is 2. The van der Waals surface area contributed by atoms with Gasteiger partial charge in [-0.3, -0.25) is 4.68 Å². The van der Waals surface area contributed by atoms with Crippen LogP contribution in [0.3, 0.4) is 0 Å². The van der Waals surface area contributed by atoms with E-state index in [-0.39, 0.29) is 12.1 Å². The van der Waals surface area contributed by atoms with E-state index in [2.05, 4.69) is 27.5 Å². The molecule has 2 aromatic rings. The van der Waals surface area contributed by atoms with E-state index in [0.717, 1.165) is 18.7 Å². The summed E-state index contributed by atoms with van der Waals surface area (Å²) in [6.45, 7) is 2.20. The number of amides is 2. The van der Waals surface area contributed by atoms with Crippen LogP contribution in [0.25, 0.3) is 0 Å². The predicted molar refractivity (Wildman–Crippen MR) is 89.3 cm³/mol. The Morgan fingerprint density at radius 3 is 2.96 bits per heavy atom. The zero-order valence-electron chi connectivity index (χ0n) is 13.9. The van der Waals surface area contributed by atoms with Crippen molar-refractivity contribution in [1.29, 1.82) is 0 Å². The number of hydrogen-bond acceptors (Lipinski definition) is 4. The van der Waals surface area contributed by atoms with Gasteiger partial charge in [0.25, 0.3) is 0 Å². The highest BCUT2D eigenvalue weighted by molar-refractivity contribution is 5.74. The van der Waals surface area contributed by atoms with Gasteiger partial charge in [0.15, 0.2) is 0 Å². The highest BCUT2D eigenvalue weighted by Gasteiger charge is 2.24. The van der Waals surface area contributed by atoms with Crippen molar-refractivity contribution in [2.24, 2.45) is 7.05 Å². The lowest BCUT2D eigenvalue weighted by atomic mass is 10.1. The number of hydrogen-bond donors (Lipinski definition) is 1. The Kier molecular flexibility index (Phi) is 5.43. The van der Waals surface area contributed by atoms with Crippen LogP contribution in [0.4, 0.5) is 4.79 Å². The molecule has 0 bridgehead atoms. The van der Waals surface area contributed by atoms with Gasteiger partial charge in [0, 0.05) is 20.1 Å². The number of ether oxygens (including phenoxy) is 1. The van der Waals surface area contributed by atoms with Crippen LogP contribution in [0, 0.1) is 0 Å². The number of benzene rings is 1. The molecule has 1 aromatic heterocycles. The molecule has 24 heavy (non-hydrogen) atoms.